The maximum atomic E-state index is 12.3. The Labute approximate surface area is 157 Å². The fraction of sp³-hybridized carbons (Fsp3) is 0.316. The third-order valence-corrected chi connectivity index (χ3v) is 4.01. The number of morpholine rings is 1. The van der Waals surface area contributed by atoms with Gasteiger partial charge in [-0.05, 0) is 18.2 Å². The number of aromatic nitrogens is 1. The highest BCUT2D eigenvalue weighted by Crippen LogP contribution is 2.29. The Hall–Kier alpha value is -2.97. The minimum absolute atomic E-state index is 0.00198. The van der Waals surface area contributed by atoms with E-state index >= 15 is 0 Å². The molecule has 1 aliphatic rings. The number of hydrogen-bond donors (Lipinski definition) is 3. The molecule has 1 atom stereocenters. The molecule has 2 heterocycles. The van der Waals surface area contributed by atoms with Crippen LogP contribution in [0.15, 0.2) is 42.6 Å². The van der Waals surface area contributed by atoms with Gasteiger partial charge in [0, 0.05) is 38.3 Å². The molecule has 1 aromatic carbocycles. The zero-order valence-electron chi connectivity index (χ0n) is 15.0. The van der Waals surface area contributed by atoms with Gasteiger partial charge in [-0.1, -0.05) is 12.1 Å². The molecule has 8 heteroatoms. The van der Waals surface area contributed by atoms with Gasteiger partial charge in [-0.3, -0.25) is 14.6 Å². The fourth-order valence-corrected chi connectivity index (χ4v) is 2.69. The average molecular weight is 370 g/mol. The van der Waals surface area contributed by atoms with Crippen LogP contribution < -0.4 is 20.7 Å². The number of benzene rings is 1. The van der Waals surface area contributed by atoms with Crippen molar-refractivity contribution in [3.8, 4) is 11.5 Å². The van der Waals surface area contributed by atoms with Crippen LogP contribution >= 0.6 is 0 Å². The number of anilines is 1. The quantitative estimate of drug-likeness (QED) is 0.713. The van der Waals surface area contributed by atoms with Crippen molar-refractivity contribution >= 4 is 17.5 Å². The minimum Gasteiger partial charge on any atom is -0.455 e. The summed E-state index contributed by atoms with van der Waals surface area (Å²) in [5, 5.41) is 8.64. The summed E-state index contributed by atoms with van der Waals surface area (Å²) < 4.78 is 11.2. The van der Waals surface area contributed by atoms with Gasteiger partial charge in [0.25, 0.3) is 5.91 Å². The van der Waals surface area contributed by atoms with E-state index in [4.69, 9.17) is 9.47 Å². The van der Waals surface area contributed by atoms with Gasteiger partial charge >= 0.3 is 0 Å². The van der Waals surface area contributed by atoms with Crippen molar-refractivity contribution in [2.75, 3.05) is 32.1 Å². The zero-order valence-corrected chi connectivity index (χ0v) is 15.0. The molecule has 0 saturated carbocycles. The SMILES string of the molecule is CNC(=O)c1cc(Oc2ccccc2NC(=O)CC2COCCN2)ccn1. The molecule has 1 aromatic heterocycles. The standard InChI is InChI=1S/C19H22N4O4/c1-20-19(25)16-11-14(6-7-22-16)27-17-5-3-2-4-15(17)23-18(24)10-13-12-26-9-8-21-13/h2-7,11,13,21H,8-10,12H2,1H3,(H,20,25)(H,23,24). The first-order valence-electron chi connectivity index (χ1n) is 8.71. The summed E-state index contributed by atoms with van der Waals surface area (Å²) in [6.45, 7) is 1.93. The highest BCUT2D eigenvalue weighted by atomic mass is 16.5. The third-order valence-electron chi connectivity index (χ3n) is 4.01. The molecule has 1 aliphatic heterocycles. The molecule has 142 valence electrons. The summed E-state index contributed by atoms with van der Waals surface area (Å²) in [6.07, 6.45) is 1.81. The van der Waals surface area contributed by atoms with E-state index in [1.807, 2.05) is 12.1 Å². The summed E-state index contributed by atoms with van der Waals surface area (Å²) in [7, 11) is 1.54. The Morgan fingerprint density at radius 3 is 2.96 bits per heavy atom. The molecule has 8 nitrogen and oxygen atoms in total. The highest BCUT2D eigenvalue weighted by molar-refractivity contribution is 5.93. The second-order valence-electron chi connectivity index (χ2n) is 6.03. The lowest BCUT2D eigenvalue weighted by Gasteiger charge is -2.23. The van der Waals surface area contributed by atoms with Gasteiger partial charge in [-0.2, -0.15) is 0 Å². The van der Waals surface area contributed by atoms with Crippen molar-refractivity contribution in [3.05, 3.63) is 48.3 Å². The highest BCUT2D eigenvalue weighted by Gasteiger charge is 2.18. The van der Waals surface area contributed by atoms with Gasteiger partial charge in [0.05, 0.1) is 18.9 Å². The summed E-state index contributed by atoms with van der Waals surface area (Å²) >= 11 is 0. The zero-order chi connectivity index (χ0) is 19.1. The molecule has 1 fully saturated rings. The lowest BCUT2D eigenvalue weighted by Crippen LogP contribution is -2.43. The molecule has 0 bridgehead atoms. The number of amides is 2. The number of nitrogens with zero attached hydrogens (tertiary/aromatic N) is 1. The topological polar surface area (TPSA) is 102 Å². The van der Waals surface area contributed by atoms with Crippen LogP contribution in [0, 0.1) is 0 Å². The molecule has 1 saturated heterocycles. The number of hydrogen-bond acceptors (Lipinski definition) is 6. The number of rotatable bonds is 6. The number of carbonyl (C=O) groups is 2. The van der Waals surface area contributed by atoms with Crippen molar-refractivity contribution in [2.45, 2.75) is 12.5 Å². The Balaban J connectivity index is 1.68. The van der Waals surface area contributed by atoms with Crippen LogP contribution in [-0.2, 0) is 9.53 Å². The van der Waals surface area contributed by atoms with E-state index < -0.39 is 0 Å². The number of nitrogens with one attached hydrogen (secondary N) is 3. The van der Waals surface area contributed by atoms with Crippen LogP contribution in [0.25, 0.3) is 0 Å². The monoisotopic (exact) mass is 370 g/mol. The number of pyridine rings is 1. The third kappa shape index (κ3) is 5.25. The van der Waals surface area contributed by atoms with Crippen molar-refractivity contribution in [2.24, 2.45) is 0 Å². The predicted octanol–water partition coefficient (Wildman–Crippen LogP) is 1.55. The van der Waals surface area contributed by atoms with Crippen molar-refractivity contribution < 1.29 is 19.1 Å². The van der Waals surface area contributed by atoms with E-state index in [0.29, 0.717) is 36.8 Å². The van der Waals surface area contributed by atoms with E-state index in [2.05, 4.69) is 20.9 Å². The number of para-hydroxylation sites is 2. The van der Waals surface area contributed by atoms with Gasteiger partial charge < -0.3 is 25.4 Å². The van der Waals surface area contributed by atoms with Crippen LogP contribution in [-0.4, -0.2) is 49.6 Å². The first kappa shape index (κ1) is 18.8. The smallest absolute Gasteiger partial charge is 0.269 e. The molecule has 0 aliphatic carbocycles. The van der Waals surface area contributed by atoms with Crippen molar-refractivity contribution in [1.82, 2.24) is 15.6 Å². The molecule has 1 unspecified atom stereocenters. The summed E-state index contributed by atoms with van der Waals surface area (Å²) in [6, 6.07) is 10.3. The maximum Gasteiger partial charge on any atom is 0.269 e. The second kappa shape index (κ2) is 9.11. The molecule has 0 radical (unpaired) electrons. The van der Waals surface area contributed by atoms with Gasteiger partial charge in [0.1, 0.15) is 11.4 Å². The number of ether oxygens (including phenoxy) is 2. The minimum atomic E-state index is -0.302. The van der Waals surface area contributed by atoms with Crippen LogP contribution in [0.4, 0.5) is 5.69 Å². The normalized spacial score (nSPS) is 16.4. The molecule has 2 amide bonds. The Kier molecular flexibility index (Phi) is 6.35. The molecule has 3 rings (SSSR count). The summed E-state index contributed by atoms with van der Waals surface area (Å²) in [5.41, 5.74) is 0.803. The Morgan fingerprint density at radius 1 is 1.33 bits per heavy atom. The van der Waals surface area contributed by atoms with E-state index in [9.17, 15) is 9.59 Å². The predicted molar refractivity (Wildman–Crippen MR) is 100.0 cm³/mol. The van der Waals surface area contributed by atoms with Crippen molar-refractivity contribution in [1.29, 1.82) is 0 Å². The first-order chi connectivity index (χ1) is 13.2. The van der Waals surface area contributed by atoms with E-state index in [1.54, 1.807) is 24.3 Å². The summed E-state index contributed by atoms with van der Waals surface area (Å²) in [4.78, 5) is 28.1. The lowest BCUT2D eigenvalue weighted by atomic mass is 10.2. The lowest BCUT2D eigenvalue weighted by molar-refractivity contribution is -0.117. The van der Waals surface area contributed by atoms with Gasteiger partial charge in [0.15, 0.2) is 5.75 Å². The van der Waals surface area contributed by atoms with Gasteiger partial charge in [-0.25, -0.2) is 0 Å². The Bertz CT molecular complexity index is 806. The van der Waals surface area contributed by atoms with Crippen LogP contribution in [0.3, 0.4) is 0 Å². The molecule has 27 heavy (non-hydrogen) atoms. The van der Waals surface area contributed by atoms with E-state index in [0.717, 1.165) is 6.54 Å². The molecular weight excluding hydrogens is 348 g/mol. The van der Waals surface area contributed by atoms with Gasteiger partial charge in [-0.15, -0.1) is 0 Å². The largest absolute Gasteiger partial charge is 0.455 e. The number of carbonyl (C=O) groups excluding carboxylic acids is 2. The van der Waals surface area contributed by atoms with Crippen LogP contribution in [0.5, 0.6) is 11.5 Å². The molecular formula is C19H22N4O4. The Morgan fingerprint density at radius 2 is 2.19 bits per heavy atom. The first-order valence-corrected chi connectivity index (χ1v) is 8.71. The maximum absolute atomic E-state index is 12.3. The average Bonchev–Trinajstić information content (AvgIpc) is 2.70. The fourth-order valence-electron chi connectivity index (χ4n) is 2.69. The van der Waals surface area contributed by atoms with Crippen molar-refractivity contribution in [3.63, 3.8) is 0 Å². The molecule has 2 aromatic rings. The van der Waals surface area contributed by atoms with Crippen LogP contribution in [0.1, 0.15) is 16.9 Å². The van der Waals surface area contributed by atoms with E-state index in [-0.39, 0.29) is 23.6 Å². The summed E-state index contributed by atoms with van der Waals surface area (Å²) in [5.74, 6) is 0.500. The molecule has 3 N–H and O–H groups in total. The van der Waals surface area contributed by atoms with E-state index in [1.165, 1.54) is 13.2 Å². The van der Waals surface area contributed by atoms with Crippen LogP contribution in [0.2, 0.25) is 0 Å². The van der Waals surface area contributed by atoms with Gasteiger partial charge in [0.2, 0.25) is 5.91 Å². The molecule has 0 spiro atoms. The second-order valence-corrected chi connectivity index (χ2v) is 6.03.